The molecular formula is C13H7Cl3FN3. The molecule has 0 bridgehead atoms. The Balaban J connectivity index is 2.35. The molecular weight excluding hydrogens is 324 g/mol. The molecule has 0 unspecified atom stereocenters. The molecule has 20 heavy (non-hydrogen) atoms. The maximum absolute atomic E-state index is 13.5. The van der Waals surface area contributed by atoms with Gasteiger partial charge in [-0.2, -0.15) is 0 Å². The van der Waals surface area contributed by atoms with E-state index < -0.39 is 5.82 Å². The fourth-order valence-corrected chi connectivity index (χ4v) is 2.66. The minimum atomic E-state index is -0.550. The number of benzene rings is 2. The first-order valence-corrected chi connectivity index (χ1v) is 6.69. The van der Waals surface area contributed by atoms with Crippen LogP contribution in [0.5, 0.6) is 0 Å². The minimum Gasteiger partial charge on any atom is -0.369 e. The van der Waals surface area contributed by atoms with Crippen LogP contribution >= 0.6 is 34.8 Å². The Morgan fingerprint density at radius 2 is 1.80 bits per heavy atom. The predicted molar refractivity (Wildman–Crippen MR) is 80.5 cm³/mol. The maximum Gasteiger partial charge on any atom is 0.205 e. The SMILES string of the molecule is Nc1nc2cc(F)c(Cl)cc2n1-c1ccc(Cl)cc1Cl. The van der Waals surface area contributed by atoms with Gasteiger partial charge in [0.2, 0.25) is 5.95 Å². The Hall–Kier alpha value is -1.49. The van der Waals surface area contributed by atoms with E-state index in [-0.39, 0.29) is 11.0 Å². The number of anilines is 1. The second kappa shape index (κ2) is 4.81. The molecule has 7 heteroatoms. The number of nitrogens with zero attached hydrogens (tertiary/aromatic N) is 2. The van der Waals surface area contributed by atoms with Crippen LogP contribution in [0.4, 0.5) is 10.3 Å². The summed E-state index contributed by atoms with van der Waals surface area (Å²) in [6.45, 7) is 0. The molecule has 0 aliphatic heterocycles. The van der Waals surface area contributed by atoms with Crippen molar-refractivity contribution in [3.8, 4) is 5.69 Å². The Bertz CT molecular complexity index is 829. The molecule has 0 saturated heterocycles. The van der Waals surface area contributed by atoms with Crippen molar-refractivity contribution in [1.82, 2.24) is 9.55 Å². The maximum atomic E-state index is 13.5. The highest BCUT2D eigenvalue weighted by atomic mass is 35.5. The van der Waals surface area contributed by atoms with E-state index in [0.29, 0.717) is 26.8 Å². The van der Waals surface area contributed by atoms with Crippen molar-refractivity contribution >= 4 is 51.8 Å². The van der Waals surface area contributed by atoms with Crippen molar-refractivity contribution < 1.29 is 4.39 Å². The third-order valence-electron chi connectivity index (χ3n) is 2.87. The smallest absolute Gasteiger partial charge is 0.205 e. The molecule has 1 heterocycles. The van der Waals surface area contributed by atoms with Crippen LogP contribution in [0.25, 0.3) is 16.7 Å². The fourth-order valence-electron chi connectivity index (χ4n) is 2.01. The van der Waals surface area contributed by atoms with Gasteiger partial charge in [-0.1, -0.05) is 34.8 Å². The second-order valence-electron chi connectivity index (χ2n) is 4.16. The Morgan fingerprint density at radius 3 is 2.50 bits per heavy atom. The van der Waals surface area contributed by atoms with Crippen molar-refractivity contribution in [3.63, 3.8) is 0 Å². The Morgan fingerprint density at radius 1 is 1.05 bits per heavy atom. The molecule has 0 spiro atoms. The van der Waals surface area contributed by atoms with E-state index in [0.717, 1.165) is 0 Å². The van der Waals surface area contributed by atoms with E-state index in [9.17, 15) is 4.39 Å². The quantitative estimate of drug-likeness (QED) is 0.702. The molecule has 2 N–H and O–H groups in total. The summed E-state index contributed by atoms with van der Waals surface area (Å²) in [7, 11) is 0. The van der Waals surface area contributed by atoms with Gasteiger partial charge in [-0.3, -0.25) is 4.57 Å². The van der Waals surface area contributed by atoms with Crippen LogP contribution in [0.2, 0.25) is 15.1 Å². The highest BCUT2D eigenvalue weighted by Gasteiger charge is 2.15. The zero-order valence-electron chi connectivity index (χ0n) is 9.87. The highest BCUT2D eigenvalue weighted by Crippen LogP contribution is 2.31. The zero-order valence-corrected chi connectivity index (χ0v) is 12.1. The van der Waals surface area contributed by atoms with E-state index in [1.807, 2.05) is 0 Å². The van der Waals surface area contributed by atoms with E-state index in [4.69, 9.17) is 40.5 Å². The average Bonchev–Trinajstić information content (AvgIpc) is 2.66. The number of imidazole rings is 1. The van der Waals surface area contributed by atoms with E-state index >= 15 is 0 Å². The van der Waals surface area contributed by atoms with Gasteiger partial charge in [0.1, 0.15) is 5.82 Å². The summed E-state index contributed by atoms with van der Waals surface area (Å²) in [5.74, 6) is -0.364. The molecule has 3 rings (SSSR count). The molecule has 0 aliphatic rings. The number of rotatable bonds is 1. The normalized spacial score (nSPS) is 11.2. The lowest BCUT2D eigenvalue weighted by atomic mass is 10.2. The molecule has 3 nitrogen and oxygen atoms in total. The summed E-state index contributed by atoms with van der Waals surface area (Å²) < 4.78 is 15.1. The van der Waals surface area contributed by atoms with Gasteiger partial charge in [-0.15, -0.1) is 0 Å². The van der Waals surface area contributed by atoms with Crippen LogP contribution in [0, 0.1) is 5.82 Å². The van der Waals surface area contributed by atoms with Gasteiger partial charge >= 0.3 is 0 Å². The van der Waals surface area contributed by atoms with Gasteiger partial charge in [0.15, 0.2) is 0 Å². The number of nitrogens with two attached hydrogens (primary N) is 1. The molecule has 0 fully saturated rings. The van der Waals surface area contributed by atoms with Crippen molar-refractivity contribution in [3.05, 3.63) is 51.2 Å². The fraction of sp³-hybridized carbons (Fsp3) is 0. The molecule has 102 valence electrons. The first kappa shape index (κ1) is 13.5. The van der Waals surface area contributed by atoms with Crippen molar-refractivity contribution in [2.45, 2.75) is 0 Å². The first-order valence-electron chi connectivity index (χ1n) is 5.56. The lowest BCUT2D eigenvalue weighted by Crippen LogP contribution is -2.01. The summed E-state index contributed by atoms with van der Waals surface area (Å²) in [5, 5.41) is 0.901. The molecule has 0 saturated carbocycles. The van der Waals surface area contributed by atoms with Crippen LogP contribution in [-0.4, -0.2) is 9.55 Å². The van der Waals surface area contributed by atoms with Crippen LogP contribution in [0.1, 0.15) is 0 Å². The third-order valence-corrected chi connectivity index (χ3v) is 3.70. The summed E-state index contributed by atoms with van der Waals surface area (Å²) >= 11 is 17.9. The van der Waals surface area contributed by atoms with Gasteiger partial charge < -0.3 is 5.73 Å². The molecule has 2 aromatic carbocycles. The monoisotopic (exact) mass is 329 g/mol. The van der Waals surface area contributed by atoms with E-state index in [1.165, 1.54) is 12.1 Å². The summed E-state index contributed by atoms with van der Waals surface area (Å²) in [6.07, 6.45) is 0. The van der Waals surface area contributed by atoms with E-state index in [1.54, 1.807) is 22.8 Å². The summed E-state index contributed by atoms with van der Waals surface area (Å²) in [4.78, 5) is 4.11. The van der Waals surface area contributed by atoms with Gasteiger partial charge in [-0.05, 0) is 24.3 Å². The van der Waals surface area contributed by atoms with Gasteiger partial charge in [0.25, 0.3) is 0 Å². The third kappa shape index (κ3) is 2.10. The standard InChI is InChI=1S/C13H7Cl3FN3/c14-6-1-2-11(8(16)3-6)20-12-4-7(15)9(17)5-10(12)19-13(20)18/h1-5H,(H2,18,19). The molecule has 0 aliphatic carbocycles. The topological polar surface area (TPSA) is 43.8 Å². The van der Waals surface area contributed by atoms with Crippen LogP contribution in [0.3, 0.4) is 0 Å². The number of nitrogen functional groups attached to an aromatic ring is 1. The van der Waals surface area contributed by atoms with Crippen LogP contribution in [-0.2, 0) is 0 Å². The lowest BCUT2D eigenvalue weighted by Gasteiger charge is -2.09. The van der Waals surface area contributed by atoms with Gasteiger partial charge in [-0.25, -0.2) is 9.37 Å². The molecule has 0 atom stereocenters. The lowest BCUT2D eigenvalue weighted by molar-refractivity contribution is 0.630. The largest absolute Gasteiger partial charge is 0.369 e. The van der Waals surface area contributed by atoms with Crippen molar-refractivity contribution in [1.29, 1.82) is 0 Å². The van der Waals surface area contributed by atoms with Crippen LogP contribution in [0.15, 0.2) is 30.3 Å². The zero-order chi connectivity index (χ0) is 14.4. The summed E-state index contributed by atoms with van der Waals surface area (Å²) in [5.41, 5.74) is 7.45. The summed E-state index contributed by atoms with van der Waals surface area (Å²) in [6, 6.07) is 7.67. The predicted octanol–water partition coefficient (Wildman–Crippen LogP) is 4.71. The van der Waals surface area contributed by atoms with Crippen molar-refractivity contribution in [2.75, 3.05) is 5.73 Å². The number of fused-ring (bicyclic) bond motifs is 1. The highest BCUT2D eigenvalue weighted by molar-refractivity contribution is 6.36. The number of hydrogen-bond acceptors (Lipinski definition) is 2. The van der Waals surface area contributed by atoms with Gasteiger partial charge in [0, 0.05) is 11.1 Å². The molecule has 0 amide bonds. The number of aromatic nitrogens is 2. The van der Waals surface area contributed by atoms with Gasteiger partial charge in [0.05, 0.1) is 26.8 Å². The Kier molecular flexibility index (Phi) is 3.24. The molecule has 3 aromatic rings. The Labute approximate surface area is 128 Å². The van der Waals surface area contributed by atoms with Crippen LogP contribution < -0.4 is 5.73 Å². The first-order chi connectivity index (χ1) is 9.47. The average molecular weight is 331 g/mol. The molecule has 0 radical (unpaired) electrons. The second-order valence-corrected chi connectivity index (χ2v) is 5.41. The molecule has 1 aromatic heterocycles. The number of hydrogen-bond donors (Lipinski definition) is 1. The number of halogens is 4. The minimum absolute atomic E-state index is 0.0104. The van der Waals surface area contributed by atoms with Crippen molar-refractivity contribution in [2.24, 2.45) is 0 Å². The van der Waals surface area contributed by atoms with E-state index in [2.05, 4.69) is 4.98 Å².